The summed E-state index contributed by atoms with van der Waals surface area (Å²) in [5.41, 5.74) is -0.367. The van der Waals surface area contributed by atoms with E-state index >= 15 is 0 Å². The van der Waals surface area contributed by atoms with Crippen molar-refractivity contribution in [2.45, 2.75) is 6.48 Å². The summed E-state index contributed by atoms with van der Waals surface area (Å²) in [6, 6.07) is 0. The fourth-order valence-corrected chi connectivity index (χ4v) is 2.90. The summed E-state index contributed by atoms with van der Waals surface area (Å²) in [7, 11) is 0.259. The fourth-order valence-electron chi connectivity index (χ4n) is 1.86. The zero-order valence-corrected chi connectivity index (χ0v) is 16.8. The fraction of sp³-hybridized carbons (Fsp3) is 0.304. The Morgan fingerprint density at radius 2 is 1.20 bits per heavy atom. The maximum atomic E-state index is 5.49. The largest absolute Gasteiger partial charge is 0.388 e. The molecule has 0 saturated carbocycles. The Morgan fingerprint density at radius 1 is 0.733 bits per heavy atom. The Hall–Kier alpha value is -3.49. The molecule has 0 aromatic carbocycles. The van der Waals surface area contributed by atoms with E-state index in [0.717, 1.165) is 0 Å². The molecule has 0 unspecified atom stereocenters. The molecule has 0 amide bonds. The molecule has 2 aliphatic heterocycles. The average molecular weight is 416 g/mol. The van der Waals surface area contributed by atoms with E-state index < -0.39 is 15.1 Å². The quantitative estimate of drug-likeness (QED) is 0.492. The third kappa shape index (κ3) is 8.68. The van der Waals surface area contributed by atoms with Crippen molar-refractivity contribution in [3.05, 3.63) is 0 Å². The lowest BCUT2D eigenvalue weighted by Crippen LogP contribution is -2.49. The standard InChI is InChI=1S/C23H13O6P/c1-3-4-5-6-7-8-9-10-11-12-13-14-15-16-17-25-22-26-18-23(19-27-22)20-28-30(24-2)29-21-23/h1,22H,18-21H2,2H3. The number of rotatable bonds is 2. The first kappa shape index (κ1) is 22.8. The first-order valence-electron chi connectivity index (χ1n) is 8.22. The smallest absolute Gasteiger partial charge is 0.332 e. The van der Waals surface area contributed by atoms with Crippen LogP contribution in [0.5, 0.6) is 0 Å². The van der Waals surface area contributed by atoms with Gasteiger partial charge in [-0.2, -0.15) is 0 Å². The predicted molar refractivity (Wildman–Crippen MR) is 108 cm³/mol. The molecule has 0 radical (unpaired) electrons. The molecule has 0 atom stereocenters. The van der Waals surface area contributed by atoms with Crippen molar-refractivity contribution in [3.63, 3.8) is 0 Å². The SMILES string of the molecule is C#CC#CC#CC#CC#CC#CC#CC#COC1OCC2(CO1)COP(OC)OC2. The zero-order chi connectivity index (χ0) is 21.3. The van der Waals surface area contributed by atoms with Crippen LogP contribution < -0.4 is 0 Å². The molecule has 2 saturated heterocycles. The molecule has 146 valence electrons. The predicted octanol–water partition coefficient (Wildman–Crippen LogP) is 0.854. The van der Waals surface area contributed by atoms with Crippen molar-refractivity contribution in [1.29, 1.82) is 0 Å². The molecule has 0 aromatic heterocycles. The van der Waals surface area contributed by atoms with Gasteiger partial charge in [0.15, 0.2) is 0 Å². The Morgan fingerprint density at radius 3 is 1.67 bits per heavy atom. The van der Waals surface area contributed by atoms with Gasteiger partial charge in [-0.05, 0) is 41.4 Å². The monoisotopic (exact) mass is 416 g/mol. The van der Waals surface area contributed by atoms with E-state index in [1.165, 1.54) is 7.11 Å². The molecule has 0 aliphatic carbocycles. The molecule has 0 N–H and O–H groups in total. The summed E-state index contributed by atoms with van der Waals surface area (Å²) < 4.78 is 32.1. The minimum Gasteiger partial charge on any atom is -0.388 e. The Kier molecular flexibility index (Phi) is 10.4. The second-order valence-corrected chi connectivity index (χ2v) is 6.68. The molecule has 2 heterocycles. The molecule has 7 heteroatoms. The van der Waals surface area contributed by atoms with E-state index in [9.17, 15) is 0 Å². The first-order valence-corrected chi connectivity index (χ1v) is 9.32. The Labute approximate surface area is 177 Å². The van der Waals surface area contributed by atoms with Gasteiger partial charge in [0.05, 0.1) is 31.8 Å². The van der Waals surface area contributed by atoms with Crippen LogP contribution in [0.1, 0.15) is 0 Å². The molecule has 2 aliphatic rings. The minimum absolute atomic E-state index is 0.356. The Balaban J connectivity index is 1.67. The van der Waals surface area contributed by atoms with Crippen LogP contribution in [0, 0.1) is 101 Å². The maximum absolute atomic E-state index is 5.49. The van der Waals surface area contributed by atoms with Gasteiger partial charge < -0.3 is 27.8 Å². The minimum atomic E-state index is -1.28. The summed E-state index contributed by atoms with van der Waals surface area (Å²) >= 11 is 0. The molecule has 1 spiro atoms. The van der Waals surface area contributed by atoms with Gasteiger partial charge in [0.25, 0.3) is 0 Å². The zero-order valence-electron chi connectivity index (χ0n) is 15.9. The highest BCUT2D eigenvalue weighted by Gasteiger charge is 2.43. The lowest BCUT2D eigenvalue weighted by atomic mass is 9.92. The van der Waals surface area contributed by atoms with Gasteiger partial charge >= 0.3 is 15.1 Å². The van der Waals surface area contributed by atoms with Crippen molar-refractivity contribution in [1.82, 2.24) is 0 Å². The average Bonchev–Trinajstić information content (AvgIpc) is 2.78. The second kappa shape index (κ2) is 13.6. The van der Waals surface area contributed by atoms with Crippen molar-refractivity contribution in [3.8, 4) is 95.4 Å². The van der Waals surface area contributed by atoms with E-state index in [4.69, 9.17) is 34.2 Å². The topological polar surface area (TPSA) is 55.4 Å². The van der Waals surface area contributed by atoms with Crippen LogP contribution in [0.4, 0.5) is 0 Å². The van der Waals surface area contributed by atoms with Gasteiger partial charge in [-0.3, -0.25) is 0 Å². The highest BCUT2D eigenvalue weighted by Crippen LogP contribution is 2.47. The van der Waals surface area contributed by atoms with Gasteiger partial charge in [0.2, 0.25) is 0 Å². The molecule has 6 nitrogen and oxygen atoms in total. The van der Waals surface area contributed by atoms with Crippen LogP contribution in [-0.4, -0.2) is 40.0 Å². The summed E-state index contributed by atoms with van der Waals surface area (Å²) in [4.78, 5) is 0. The van der Waals surface area contributed by atoms with Crippen LogP contribution in [0.25, 0.3) is 0 Å². The number of hydrogen-bond acceptors (Lipinski definition) is 6. The lowest BCUT2D eigenvalue weighted by molar-refractivity contribution is -0.325. The van der Waals surface area contributed by atoms with Crippen molar-refractivity contribution in [2.75, 3.05) is 33.5 Å². The molecule has 0 aromatic rings. The Bertz CT molecular complexity index is 1080. The molecule has 30 heavy (non-hydrogen) atoms. The van der Waals surface area contributed by atoms with Gasteiger partial charge in [-0.1, -0.05) is 0 Å². The summed E-state index contributed by atoms with van der Waals surface area (Å²) in [6.45, 7) is 0.673. The third-order valence-electron chi connectivity index (χ3n) is 3.18. The molecule has 0 bridgehead atoms. The van der Waals surface area contributed by atoms with Crippen LogP contribution in [0.3, 0.4) is 0 Å². The number of hydrogen-bond donors (Lipinski definition) is 0. The molecular weight excluding hydrogens is 403 g/mol. The normalized spacial score (nSPS) is 22.8. The van der Waals surface area contributed by atoms with Crippen LogP contribution in [0.2, 0.25) is 0 Å². The maximum Gasteiger partial charge on any atom is 0.332 e. The number of terminal acetylenes is 1. The van der Waals surface area contributed by atoms with Gasteiger partial charge in [0.1, 0.15) is 6.11 Å². The summed E-state index contributed by atoms with van der Waals surface area (Å²) in [6.07, 6.45) is 7.31. The van der Waals surface area contributed by atoms with Gasteiger partial charge in [-0.25, -0.2) is 0 Å². The number of ether oxygens (including phenoxy) is 3. The second-order valence-electron chi connectivity index (χ2n) is 5.35. The van der Waals surface area contributed by atoms with Crippen LogP contribution >= 0.6 is 8.60 Å². The van der Waals surface area contributed by atoms with E-state index in [0.29, 0.717) is 26.4 Å². The van der Waals surface area contributed by atoms with E-state index in [-0.39, 0.29) is 5.41 Å². The molecular formula is C23H13O6P. The summed E-state index contributed by atoms with van der Waals surface area (Å²) in [5, 5.41) is 0. The third-order valence-corrected chi connectivity index (χ3v) is 4.16. The molecule has 2 rings (SSSR count). The van der Waals surface area contributed by atoms with Gasteiger partial charge in [-0.15, -0.1) is 6.42 Å². The van der Waals surface area contributed by atoms with Crippen LogP contribution in [-0.2, 0) is 27.8 Å². The molecule has 2 fully saturated rings. The highest BCUT2D eigenvalue weighted by atomic mass is 31.2. The van der Waals surface area contributed by atoms with Crippen LogP contribution in [0.15, 0.2) is 0 Å². The van der Waals surface area contributed by atoms with E-state index in [1.54, 1.807) is 0 Å². The van der Waals surface area contributed by atoms with Crippen molar-refractivity contribution < 1.29 is 27.8 Å². The first-order chi connectivity index (χ1) is 14.8. The summed E-state index contributed by atoms with van der Waals surface area (Å²) in [5.74, 6) is 34.2. The van der Waals surface area contributed by atoms with E-state index in [2.05, 4.69) is 89.0 Å². The van der Waals surface area contributed by atoms with Crippen molar-refractivity contribution in [2.24, 2.45) is 5.41 Å². The van der Waals surface area contributed by atoms with Crippen molar-refractivity contribution >= 4 is 8.60 Å². The van der Waals surface area contributed by atoms with E-state index in [1.807, 2.05) is 0 Å². The van der Waals surface area contributed by atoms with Gasteiger partial charge in [0, 0.05) is 48.6 Å². The lowest BCUT2D eigenvalue weighted by Gasteiger charge is -2.41. The highest BCUT2D eigenvalue weighted by molar-refractivity contribution is 7.41.